The van der Waals surface area contributed by atoms with Crippen LogP contribution in [0, 0.1) is 0 Å². The molecule has 1 aliphatic rings. The zero-order valence-electron chi connectivity index (χ0n) is 11.9. The molecule has 0 saturated heterocycles. The van der Waals surface area contributed by atoms with E-state index < -0.39 is 0 Å². The second-order valence-electron chi connectivity index (χ2n) is 5.55. The predicted molar refractivity (Wildman–Crippen MR) is 82.1 cm³/mol. The minimum absolute atomic E-state index is 0.0967. The molecule has 0 bridgehead atoms. The number of ether oxygens (including phenoxy) is 1. The van der Waals surface area contributed by atoms with Crippen LogP contribution in [0.5, 0.6) is 5.75 Å². The molecule has 0 spiro atoms. The van der Waals surface area contributed by atoms with Crippen molar-refractivity contribution in [3.63, 3.8) is 0 Å². The van der Waals surface area contributed by atoms with Gasteiger partial charge in [-0.15, -0.1) is 0 Å². The van der Waals surface area contributed by atoms with E-state index in [-0.39, 0.29) is 6.04 Å². The monoisotopic (exact) mass is 267 g/mol. The molecule has 1 atom stereocenters. The zero-order chi connectivity index (χ0) is 13.9. The van der Waals surface area contributed by atoms with Crippen LogP contribution in [-0.2, 0) is 0 Å². The Morgan fingerprint density at radius 3 is 2.40 bits per heavy atom. The molecule has 2 aromatic carbocycles. The molecule has 104 valence electrons. The van der Waals surface area contributed by atoms with Crippen molar-refractivity contribution in [1.82, 2.24) is 0 Å². The fourth-order valence-electron chi connectivity index (χ4n) is 2.74. The van der Waals surface area contributed by atoms with Crippen LogP contribution < -0.4 is 10.5 Å². The van der Waals surface area contributed by atoms with E-state index in [0.29, 0.717) is 0 Å². The van der Waals surface area contributed by atoms with Crippen molar-refractivity contribution in [2.45, 2.75) is 31.2 Å². The van der Waals surface area contributed by atoms with E-state index in [4.69, 9.17) is 10.5 Å². The van der Waals surface area contributed by atoms with Crippen LogP contribution in [0.15, 0.2) is 48.5 Å². The first-order valence-electron chi connectivity index (χ1n) is 7.27. The lowest BCUT2D eigenvalue weighted by Crippen LogP contribution is -2.13. The predicted octanol–water partition coefficient (Wildman–Crippen LogP) is 4.01. The van der Waals surface area contributed by atoms with Gasteiger partial charge in [-0.25, -0.2) is 0 Å². The molecule has 2 heteroatoms. The quantitative estimate of drug-likeness (QED) is 0.908. The molecule has 0 aliphatic heterocycles. The molecule has 2 N–H and O–H groups in total. The van der Waals surface area contributed by atoms with E-state index in [1.165, 1.54) is 24.8 Å². The van der Waals surface area contributed by atoms with Crippen LogP contribution in [0.2, 0.25) is 0 Å². The van der Waals surface area contributed by atoms with Crippen molar-refractivity contribution in [3.8, 4) is 5.75 Å². The Hall–Kier alpha value is -1.80. The Morgan fingerprint density at radius 1 is 1.05 bits per heavy atom. The summed E-state index contributed by atoms with van der Waals surface area (Å²) in [6.07, 6.45) is 4.04. The van der Waals surface area contributed by atoms with Gasteiger partial charge in [0.25, 0.3) is 0 Å². The minimum Gasteiger partial charge on any atom is -0.497 e. The summed E-state index contributed by atoms with van der Waals surface area (Å²) in [5, 5.41) is 0. The lowest BCUT2D eigenvalue weighted by molar-refractivity contribution is 0.414. The van der Waals surface area contributed by atoms with Crippen LogP contribution in [0.3, 0.4) is 0 Å². The summed E-state index contributed by atoms with van der Waals surface area (Å²) in [5.41, 5.74) is 10.1. The van der Waals surface area contributed by atoms with Crippen molar-refractivity contribution in [2.75, 3.05) is 7.11 Å². The second-order valence-corrected chi connectivity index (χ2v) is 5.55. The summed E-state index contributed by atoms with van der Waals surface area (Å²) in [7, 11) is 1.68. The Bertz CT molecular complexity index is 572. The first-order chi connectivity index (χ1) is 9.78. The molecule has 1 fully saturated rings. The zero-order valence-corrected chi connectivity index (χ0v) is 11.9. The summed E-state index contributed by atoms with van der Waals surface area (Å²) in [5.74, 6) is 1.63. The Morgan fingerprint density at radius 2 is 1.80 bits per heavy atom. The maximum absolute atomic E-state index is 6.36. The number of benzene rings is 2. The van der Waals surface area contributed by atoms with Gasteiger partial charge in [0.2, 0.25) is 0 Å². The van der Waals surface area contributed by atoms with E-state index in [1.807, 2.05) is 24.3 Å². The summed E-state index contributed by atoms with van der Waals surface area (Å²) in [6.45, 7) is 0. The molecule has 2 nitrogen and oxygen atoms in total. The third-order valence-electron chi connectivity index (χ3n) is 4.33. The summed E-state index contributed by atoms with van der Waals surface area (Å²) in [4.78, 5) is 0. The highest BCUT2D eigenvalue weighted by Gasteiger charge is 2.19. The highest BCUT2D eigenvalue weighted by Crippen LogP contribution is 2.36. The molecule has 0 radical (unpaired) electrons. The van der Waals surface area contributed by atoms with Gasteiger partial charge in [0.1, 0.15) is 5.75 Å². The van der Waals surface area contributed by atoms with Crippen LogP contribution in [0.1, 0.15) is 47.9 Å². The fraction of sp³-hybridized carbons (Fsp3) is 0.333. The topological polar surface area (TPSA) is 35.2 Å². The van der Waals surface area contributed by atoms with Gasteiger partial charge < -0.3 is 10.5 Å². The molecule has 1 unspecified atom stereocenters. The number of hydrogen-bond donors (Lipinski definition) is 1. The molecule has 20 heavy (non-hydrogen) atoms. The number of rotatable bonds is 4. The fourth-order valence-corrected chi connectivity index (χ4v) is 2.74. The van der Waals surface area contributed by atoms with Gasteiger partial charge in [-0.2, -0.15) is 0 Å². The summed E-state index contributed by atoms with van der Waals surface area (Å²) >= 11 is 0. The smallest absolute Gasteiger partial charge is 0.119 e. The minimum atomic E-state index is -0.0967. The molecule has 3 rings (SSSR count). The van der Waals surface area contributed by atoms with Gasteiger partial charge in [0.15, 0.2) is 0 Å². The van der Waals surface area contributed by atoms with Gasteiger partial charge >= 0.3 is 0 Å². The molecular formula is C18H21NO. The third kappa shape index (κ3) is 2.56. The Kier molecular flexibility index (Phi) is 3.75. The standard InChI is InChI=1S/C18H21NO/c1-20-17-7-3-6-16(12-17)18(19)15-10-8-14(9-11-15)13-4-2-5-13/h3,6-13,18H,2,4-5,19H2,1H3. The van der Waals surface area contributed by atoms with Crippen LogP contribution >= 0.6 is 0 Å². The first kappa shape index (κ1) is 13.2. The van der Waals surface area contributed by atoms with E-state index in [1.54, 1.807) is 7.11 Å². The Balaban J connectivity index is 1.80. The van der Waals surface area contributed by atoms with Gasteiger partial charge in [0, 0.05) is 0 Å². The van der Waals surface area contributed by atoms with E-state index in [0.717, 1.165) is 22.8 Å². The lowest BCUT2D eigenvalue weighted by atomic mass is 9.79. The van der Waals surface area contributed by atoms with Crippen molar-refractivity contribution in [3.05, 3.63) is 65.2 Å². The SMILES string of the molecule is COc1cccc(C(N)c2ccc(C3CCC3)cc2)c1. The molecule has 1 aliphatic carbocycles. The normalized spacial score (nSPS) is 16.5. The van der Waals surface area contributed by atoms with E-state index in [9.17, 15) is 0 Å². The molecule has 1 saturated carbocycles. The average Bonchev–Trinajstić information content (AvgIpc) is 2.45. The average molecular weight is 267 g/mol. The highest BCUT2D eigenvalue weighted by atomic mass is 16.5. The largest absolute Gasteiger partial charge is 0.497 e. The van der Waals surface area contributed by atoms with Crippen molar-refractivity contribution in [2.24, 2.45) is 5.73 Å². The van der Waals surface area contributed by atoms with Crippen molar-refractivity contribution in [1.29, 1.82) is 0 Å². The molecule has 0 aromatic heterocycles. The van der Waals surface area contributed by atoms with Gasteiger partial charge in [-0.3, -0.25) is 0 Å². The summed E-state index contributed by atoms with van der Waals surface area (Å²) < 4.78 is 5.26. The van der Waals surface area contributed by atoms with Gasteiger partial charge in [-0.05, 0) is 47.6 Å². The maximum atomic E-state index is 6.36. The van der Waals surface area contributed by atoms with Gasteiger partial charge in [0.05, 0.1) is 13.2 Å². The molecule has 0 amide bonds. The number of hydrogen-bond acceptors (Lipinski definition) is 2. The molecule has 0 heterocycles. The van der Waals surface area contributed by atoms with Crippen LogP contribution in [0.25, 0.3) is 0 Å². The lowest BCUT2D eigenvalue weighted by Gasteiger charge is -2.26. The summed E-state index contributed by atoms with van der Waals surface area (Å²) in [6, 6.07) is 16.7. The van der Waals surface area contributed by atoms with Crippen LogP contribution in [-0.4, -0.2) is 7.11 Å². The van der Waals surface area contributed by atoms with Crippen LogP contribution in [0.4, 0.5) is 0 Å². The van der Waals surface area contributed by atoms with E-state index in [2.05, 4.69) is 24.3 Å². The third-order valence-corrected chi connectivity index (χ3v) is 4.33. The van der Waals surface area contributed by atoms with Crippen molar-refractivity contribution < 1.29 is 4.74 Å². The van der Waals surface area contributed by atoms with E-state index >= 15 is 0 Å². The number of methoxy groups -OCH3 is 1. The number of nitrogens with two attached hydrogens (primary N) is 1. The molecular weight excluding hydrogens is 246 g/mol. The maximum Gasteiger partial charge on any atom is 0.119 e. The molecule has 2 aromatic rings. The Labute approximate surface area is 120 Å². The highest BCUT2D eigenvalue weighted by molar-refractivity contribution is 5.37. The van der Waals surface area contributed by atoms with Crippen molar-refractivity contribution >= 4 is 0 Å². The van der Waals surface area contributed by atoms with Gasteiger partial charge in [-0.1, -0.05) is 42.8 Å². The second kappa shape index (κ2) is 5.68. The first-order valence-corrected chi connectivity index (χ1v) is 7.27.